The van der Waals surface area contributed by atoms with Crippen molar-refractivity contribution in [2.75, 3.05) is 27.3 Å². The summed E-state index contributed by atoms with van der Waals surface area (Å²) < 4.78 is 9.65. The number of nitrogens with zero attached hydrogens (tertiary/aromatic N) is 5. The van der Waals surface area contributed by atoms with E-state index >= 15 is 0 Å². The predicted octanol–water partition coefficient (Wildman–Crippen LogP) is 5.20. The van der Waals surface area contributed by atoms with Crippen LogP contribution in [0.2, 0.25) is 0 Å². The number of likely N-dealkylation sites (tertiary alicyclic amines) is 2. The average molecular weight is 811 g/mol. The van der Waals surface area contributed by atoms with Crippen molar-refractivity contribution in [3.63, 3.8) is 0 Å². The number of rotatable bonds is 11. The molecule has 5 atom stereocenters. The largest absolute Gasteiger partial charge is 0.453 e. The van der Waals surface area contributed by atoms with E-state index in [1.807, 2.05) is 96.0 Å². The van der Waals surface area contributed by atoms with Gasteiger partial charge < -0.3 is 45.5 Å². The highest BCUT2D eigenvalue weighted by Crippen LogP contribution is 2.34. The molecule has 60 heavy (non-hydrogen) atoms. The number of carbonyl (C=O) groups excluding carboxylic acids is 4. The van der Waals surface area contributed by atoms with Gasteiger partial charge in [-0.25, -0.2) is 14.6 Å². The predicted molar refractivity (Wildman–Crippen MR) is 221 cm³/mol. The third-order valence-electron chi connectivity index (χ3n) is 11.2. The van der Waals surface area contributed by atoms with Gasteiger partial charge in [0.2, 0.25) is 5.91 Å². The van der Waals surface area contributed by atoms with Gasteiger partial charge in [0, 0.05) is 24.9 Å². The zero-order chi connectivity index (χ0) is 41.6. The molecule has 0 aliphatic carbocycles. The van der Waals surface area contributed by atoms with Crippen LogP contribution < -0.4 is 21.3 Å². The second kappa shape index (κ2) is 17.7. The fourth-order valence-electron chi connectivity index (χ4n) is 8.16. The molecule has 2 fully saturated rings. The molecular weight excluding hydrogens is 765 g/mol. The molecule has 1 unspecified atom stereocenters. The number of aromatic nitrogens is 4. The van der Waals surface area contributed by atoms with E-state index in [4.69, 9.17) is 9.47 Å². The van der Waals surface area contributed by atoms with Crippen LogP contribution >= 0.6 is 0 Å². The van der Waals surface area contributed by atoms with E-state index in [2.05, 4.69) is 41.4 Å². The molecular formula is C44H46N10O6. The Bertz CT molecular complexity index is 2340. The quantitative estimate of drug-likeness (QED) is 0.118. The summed E-state index contributed by atoms with van der Waals surface area (Å²) in [7, 11) is 2.55. The first-order chi connectivity index (χ1) is 29.3. The van der Waals surface area contributed by atoms with Crippen molar-refractivity contribution < 1.29 is 28.7 Å². The van der Waals surface area contributed by atoms with Crippen LogP contribution in [0.1, 0.15) is 66.3 Å². The standard InChI is InChI=1S/C44H46N10O6/c1-59-43(57)49-37(29-11-5-3-6-12-29)41(55)53-23-9-15-35(53)39-45-25-33(47-39)28-19-17-27(18-20-28)31-21-22-32(52-51-31)34-26-46-40(48-34)36-16-10-24-54(36)42(56)38(50-44(58)60-2)30-13-7-4-8-14-30/h3-8,11-14,17-22,25-26,35-39,45,47H,9-10,15-16,23-24H2,1-2H3,(H,46,48)(H,49,57)(H,50,58)/t35-,36-,37+,38+,39?/m0/s1. The molecule has 5 aromatic rings. The summed E-state index contributed by atoms with van der Waals surface area (Å²) in [5.74, 6) is 0.203. The van der Waals surface area contributed by atoms with E-state index in [1.54, 1.807) is 23.2 Å². The van der Waals surface area contributed by atoms with E-state index in [-0.39, 0.29) is 30.1 Å². The minimum atomic E-state index is -0.904. The number of ether oxygens (including phenoxy) is 2. The van der Waals surface area contributed by atoms with Gasteiger partial charge in [-0.3, -0.25) is 9.59 Å². The summed E-state index contributed by atoms with van der Waals surface area (Å²) in [6.07, 6.45) is 5.20. The molecule has 16 heteroatoms. The maximum absolute atomic E-state index is 13.9. The molecule has 308 valence electrons. The molecule has 2 aromatic heterocycles. The first-order valence-electron chi connectivity index (χ1n) is 19.9. The lowest BCUT2D eigenvalue weighted by atomic mass is 10.0. The highest BCUT2D eigenvalue weighted by molar-refractivity contribution is 5.88. The number of H-pyrrole nitrogens is 1. The Labute approximate surface area is 346 Å². The number of methoxy groups -OCH3 is 2. The summed E-state index contributed by atoms with van der Waals surface area (Å²) in [4.78, 5) is 63.8. The fourth-order valence-corrected chi connectivity index (χ4v) is 8.16. The molecule has 16 nitrogen and oxygen atoms in total. The Hall–Kier alpha value is -7.23. The number of carbonyl (C=O) groups is 4. The molecule has 2 saturated heterocycles. The molecule has 8 rings (SSSR count). The Morgan fingerprint density at radius 3 is 1.88 bits per heavy atom. The summed E-state index contributed by atoms with van der Waals surface area (Å²) in [6.45, 7) is 1.10. The van der Waals surface area contributed by atoms with Gasteiger partial charge >= 0.3 is 12.2 Å². The highest BCUT2D eigenvalue weighted by atomic mass is 16.5. The van der Waals surface area contributed by atoms with Gasteiger partial charge in [-0.1, -0.05) is 84.9 Å². The summed E-state index contributed by atoms with van der Waals surface area (Å²) in [5, 5.41) is 21.4. The smallest absolute Gasteiger partial charge is 0.407 e. The summed E-state index contributed by atoms with van der Waals surface area (Å²) >= 11 is 0. The number of nitrogens with one attached hydrogen (secondary N) is 5. The lowest BCUT2D eigenvalue weighted by molar-refractivity contribution is -0.135. The number of benzene rings is 3. The van der Waals surface area contributed by atoms with Gasteiger partial charge in [-0.2, -0.15) is 0 Å². The van der Waals surface area contributed by atoms with E-state index < -0.39 is 24.3 Å². The molecule has 0 saturated carbocycles. The van der Waals surface area contributed by atoms with Crippen LogP contribution in [0.15, 0.2) is 109 Å². The van der Waals surface area contributed by atoms with Gasteiger partial charge in [-0.15, -0.1) is 10.2 Å². The number of amides is 4. The van der Waals surface area contributed by atoms with Crippen molar-refractivity contribution in [1.82, 2.24) is 51.2 Å². The zero-order valence-electron chi connectivity index (χ0n) is 33.2. The Balaban J connectivity index is 0.899. The number of imidazole rings is 1. The average Bonchev–Trinajstić information content (AvgIpc) is 4.15. The second-order valence-corrected chi connectivity index (χ2v) is 14.8. The normalized spacial score (nSPS) is 19.4. The van der Waals surface area contributed by atoms with E-state index in [0.29, 0.717) is 53.5 Å². The highest BCUT2D eigenvalue weighted by Gasteiger charge is 2.40. The SMILES string of the molecule is COC(=O)N[C@@H](C(=O)N1CCC[C@H]1c1ncc(-c2ccc(-c3ccc(C4=CNC([C@@H]5CCCN5C(=O)[C@H](NC(=O)OC)c5ccccc5)N4)cc3)nn2)[nH]1)c1ccccc1. The van der Waals surface area contributed by atoms with Gasteiger partial charge in [0.25, 0.3) is 5.91 Å². The molecule has 0 radical (unpaired) electrons. The van der Waals surface area contributed by atoms with E-state index in [1.165, 1.54) is 14.2 Å². The van der Waals surface area contributed by atoms with Crippen LogP contribution in [-0.2, 0) is 19.1 Å². The van der Waals surface area contributed by atoms with Gasteiger partial charge in [0.05, 0.1) is 49.6 Å². The molecule has 0 spiro atoms. The zero-order valence-corrected chi connectivity index (χ0v) is 33.2. The number of hydrogen-bond acceptors (Lipinski definition) is 11. The number of alkyl carbamates (subject to hydrolysis) is 2. The molecule has 4 amide bonds. The molecule has 0 bridgehead atoms. The molecule has 3 aliphatic rings. The lowest BCUT2D eigenvalue weighted by Gasteiger charge is -2.33. The minimum absolute atomic E-state index is 0.141. The van der Waals surface area contributed by atoms with E-state index in [0.717, 1.165) is 36.1 Å². The van der Waals surface area contributed by atoms with Gasteiger partial charge in [-0.05, 0) is 54.5 Å². The summed E-state index contributed by atoms with van der Waals surface area (Å²) in [5.41, 5.74) is 6.06. The molecule has 3 aliphatic heterocycles. The monoisotopic (exact) mass is 810 g/mol. The lowest BCUT2D eigenvalue weighted by Crippen LogP contribution is -2.54. The molecule has 3 aromatic carbocycles. The maximum Gasteiger partial charge on any atom is 0.407 e. The second-order valence-electron chi connectivity index (χ2n) is 14.8. The van der Waals surface area contributed by atoms with Crippen LogP contribution in [0.4, 0.5) is 9.59 Å². The van der Waals surface area contributed by atoms with Crippen molar-refractivity contribution in [3.05, 3.63) is 132 Å². The first kappa shape index (κ1) is 39.6. The maximum atomic E-state index is 13.9. The van der Waals surface area contributed by atoms with Gasteiger partial charge in [0.15, 0.2) is 0 Å². The summed E-state index contributed by atoms with van der Waals surface area (Å²) in [6, 6.07) is 27.8. The van der Waals surface area contributed by atoms with Crippen molar-refractivity contribution in [2.24, 2.45) is 0 Å². The Kier molecular flexibility index (Phi) is 11.7. The van der Waals surface area contributed by atoms with Crippen molar-refractivity contribution in [1.29, 1.82) is 0 Å². The number of hydrogen-bond donors (Lipinski definition) is 5. The molecule has 5 N–H and O–H groups in total. The first-order valence-corrected chi connectivity index (χ1v) is 19.9. The van der Waals surface area contributed by atoms with Crippen LogP contribution in [0.25, 0.3) is 28.3 Å². The third-order valence-corrected chi connectivity index (χ3v) is 11.2. The topological polar surface area (TPSA) is 196 Å². The number of aromatic amines is 1. The van der Waals surface area contributed by atoms with Gasteiger partial charge in [0.1, 0.15) is 29.8 Å². The van der Waals surface area contributed by atoms with Crippen molar-refractivity contribution in [2.45, 2.75) is 56.0 Å². The van der Waals surface area contributed by atoms with E-state index in [9.17, 15) is 19.2 Å². The third kappa shape index (κ3) is 8.34. The van der Waals surface area contributed by atoms with Crippen LogP contribution in [0.3, 0.4) is 0 Å². The van der Waals surface area contributed by atoms with Crippen LogP contribution in [0.5, 0.6) is 0 Å². The van der Waals surface area contributed by atoms with Crippen LogP contribution in [0, 0.1) is 0 Å². The van der Waals surface area contributed by atoms with Crippen molar-refractivity contribution >= 4 is 29.7 Å². The Morgan fingerprint density at radius 2 is 1.27 bits per heavy atom. The van der Waals surface area contributed by atoms with Crippen molar-refractivity contribution in [3.8, 4) is 22.6 Å². The molecule has 5 heterocycles. The fraction of sp³-hybridized carbons (Fsp3) is 0.295. The Morgan fingerprint density at radius 1 is 0.700 bits per heavy atom. The van der Waals surface area contributed by atoms with Crippen LogP contribution in [-0.4, -0.2) is 93.5 Å². The minimum Gasteiger partial charge on any atom is -0.453 e.